The Bertz CT molecular complexity index is 1570. The Kier molecular flexibility index (Phi) is 5.93. The van der Waals surface area contributed by atoms with Gasteiger partial charge in [0.25, 0.3) is 5.56 Å². The predicted octanol–water partition coefficient (Wildman–Crippen LogP) is 3.94. The first kappa shape index (κ1) is 22.3. The van der Waals surface area contributed by atoms with Crippen molar-refractivity contribution in [3.05, 3.63) is 107 Å². The van der Waals surface area contributed by atoms with Crippen molar-refractivity contribution < 1.29 is 9.53 Å². The molecular weight excluding hydrogens is 466 g/mol. The Morgan fingerprint density at radius 1 is 1.21 bits per heavy atom. The number of nitrogens with one attached hydrogen (secondary N) is 1. The Morgan fingerprint density at radius 3 is 2.65 bits per heavy atom. The molecular formula is C26H23N3O3S2. The summed E-state index contributed by atoms with van der Waals surface area (Å²) in [4.78, 5) is 36.6. The van der Waals surface area contributed by atoms with E-state index in [-0.39, 0.29) is 12.2 Å². The number of H-pyrrole nitrogens is 1. The van der Waals surface area contributed by atoms with Crippen molar-refractivity contribution in [2.45, 2.75) is 26.8 Å². The fourth-order valence-electron chi connectivity index (χ4n) is 4.19. The highest BCUT2D eigenvalue weighted by atomic mass is 32.1. The summed E-state index contributed by atoms with van der Waals surface area (Å²) in [6.07, 6.45) is 1.89. The van der Waals surface area contributed by atoms with Gasteiger partial charge in [0, 0.05) is 21.8 Å². The number of aryl methyl sites for hydroxylation is 2. The van der Waals surface area contributed by atoms with E-state index in [1.54, 1.807) is 11.5 Å². The number of aromatic amines is 1. The van der Waals surface area contributed by atoms with Gasteiger partial charge in [-0.05, 0) is 49.9 Å². The first-order chi connectivity index (χ1) is 16.5. The summed E-state index contributed by atoms with van der Waals surface area (Å²) in [6.45, 7) is 5.98. The van der Waals surface area contributed by atoms with Gasteiger partial charge in [0.15, 0.2) is 4.80 Å². The van der Waals surface area contributed by atoms with E-state index in [9.17, 15) is 9.59 Å². The molecule has 0 radical (unpaired) electrons. The standard InChI is InChI=1S/C26H23N3O3S2/c1-4-32-25(31)21-22(17-9-6-5-7-10-17)28-26-29(23(21)19-11-8-12-33-19)24(30)20(34-26)14-18-13-15(2)27-16(18)3/h5-14,23,27H,4H2,1-3H3/b20-14+. The number of thiazole rings is 1. The topological polar surface area (TPSA) is 76.4 Å². The van der Waals surface area contributed by atoms with Crippen LogP contribution in [0.1, 0.15) is 40.4 Å². The van der Waals surface area contributed by atoms with E-state index in [0.29, 0.717) is 20.6 Å². The number of aromatic nitrogens is 2. The highest BCUT2D eigenvalue weighted by Gasteiger charge is 2.35. The molecule has 4 aromatic rings. The average molecular weight is 490 g/mol. The van der Waals surface area contributed by atoms with E-state index in [4.69, 9.17) is 9.73 Å². The van der Waals surface area contributed by atoms with Gasteiger partial charge in [0.2, 0.25) is 0 Å². The van der Waals surface area contributed by atoms with Crippen LogP contribution >= 0.6 is 22.7 Å². The molecule has 0 saturated carbocycles. The second kappa shape index (κ2) is 9.04. The third kappa shape index (κ3) is 3.89. The highest BCUT2D eigenvalue weighted by molar-refractivity contribution is 7.10. The maximum atomic E-state index is 13.7. The smallest absolute Gasteiger partial charge is 0.338 e. The number of ether oxygens (including phenoxy) is 1. The van der Waals surface area contributed by atoms with Crippen molar-refractivity contribution in [3.63, 3.8) is 0 Å². The summed E-state index contributed by atoms with van der Waals surface area (Å²) in [6, 6.07) is 14.9. The van der Waals surface area contributed by atoms with Crippen molar-refractivity contribution >= 4 is 40.4 Å². The molecule has 1 atom stereocenters. The highest BCUT2D eigenvalue weighted by Crippen LogP contribution is 2.36. The number of rotatable bonds is 5. The number of thiophene rings is 1. The Labute approximate surface area is 204 Å². The molecule has 34 heavy (non-hydrogen) atoms. The van der Waals surface area contributed by atoms with Crippen LogP contribution in [0.3, 0.4) is 0 Å². The molecule has 5 rings (SSSR count). The average Bonchev–Trinajstić information content (AvgIpc) is 3.54. The molecule has 3 aromatic heterocycles. The number of hydrogen-bond donors (Lipinski definition) is 1. The SMILES string of the molecule is CCOC(=O)C1=C(c2ccccc2)N=c2s/c(=C/c3cc(C)[nH]c3C)c(=O)n2C1c1cccs1. The van der Waals surface area contributed by atoms with Gasteiger partial charge in [-0.3, -0.25) is 9.36 Å². The summed E-state index contributed by atoms with van der Waals surface area (Å²) >= 11 is 2.84. The Balaban J connectivity index is 1.83. The zero-order valence-electron chi connectivity index (χ0n) is 19.0. The lowest BCUT2D eigenvalue weighted by Crippen LogP contribution is -2.39. The maximum Gasteiger partial charge on any atom is 0.338 e. The first-order valence-corrected chi connectivity index (χ1v) is 12.7. The number of fused-ring (bicyclic) bond motifs is 1. The molecule has 0 amide bonds. The number of nitrogens with zero attached hydrogens (tertiary/aromatic N) is 2. The molecule has 0 bridgehead atoms. The second-order valence-electron chi connectivity index (χ2n) is 7.98. The number of hydrogen-bond acceptors (Lipinski definition) is 6. The van der Waals surface area contributed by atoms with Gasteiger partial charge in [-0.1, -0.05) is 47.7 Å². The van der Waals surface area contributed by atoms with Gasteiger partial charge in [0.05, 0.1) is 22.4 Å². The third-order valence-corrected chi connectivity index (χ3v) is 7.57. The van der Waals surface area contributed by atoms with Gasteiger partial charge >= 0.3 is 5.97 Å². The summed E-state index contributed by atoms with van der Waals surface area (Å²) in [5.41, 5.74) is 4.54. The number of benzene rings is 1. The molecule has 0 spiro atoms. The van der Waals surface area contributed by atoms with E-state index < -0.39 is 12.0 Å². The fraction of sp³-hybridized carbons (Fsp3) is 0.192. The zero-order chi connectivity index (χ0) is 23.8. The molecule has 0 saturated heterocycles. The lowest BCUT2D eigenvalue weighted by molar-refractivity contribution is -0.138. The van der Waals surface area contributed by atoms with Crippen molar-refractivity contribution in [2.24, 2.45) is 4.99 Å². The van der Waals surface area contributed by atoms with Gasteiger partial charge in [0.1, 0.15) is 6.04 Å². The molecule has 0 aliphatic carbocycles. The largest absolute Gasteiger partial charge is 0.463 e. The third-order valence-electron chi connectivity index (χ3n) is 5.66. The van der Waals surface area contributed by atoms with E-state index >= 15 is 0 Å². The molecule has 4 heterocycles. The second-order valence-corrected chi connectivity index (χ2v) is 9.97. The Morgan fingerprint density at radius 2 is 2.00 bits per heavy atom. The van der Waals surface area contributed by atoms with Crippen LogP contribution in [0.15, 0.2) is 69.3 Å². The van der Waals surface area contributed by atoms with Gasteiger partial charge in [-0.25, -0.2) is 9.79 Å². The summed E-state index contributed by atoms with van der Waals surface area (Å²) < 4.78 is 7.67. The molecule has 0 fully saturated rings. The summed E-state index contributed by atoms with van der Waals surface area (Å²) in [7, 11) is 0. The monoisotopic (exact) mass is 489 g/mol. The van der Waals surface area contributed by atoms with Crippen LogP contribution in [0.5, 0.6) is 0 Å². The minimum absolute atomic E-state index is 0.172. The van der Waals surface area contributed by atoms with Crippen LogP contribution in [0.4, 0.5) is 0 Å². The number of esters is 1. The van der Waals surface area contributed by atoms with Crippen molar-refractivity contribution in [3.8, 4) is 0 Å². The van der Waals surface area contributed by atoms with E-state index in [2.05, 4.69) is 4.98 Å². The predicted molar refractivity (Wildman–Crippen MR) is 136 cm³/mol. The fourth-order valence-corrected chi connectivity index (χ4v) is 6.01. The molecule has 1 aromatic carbocycles. The number of carbonyl (C=O) groups excluding carboxylic acids is 1. The molecule has 1 unspecified atom stereocenters. The summed E-state index contributed by atoms with van der Waals surface area (Å²) in [5, 5.41) is 1.95. The Hall–Kier alpha value is -3.49. The van der Waals surface area contributed by atoms with Crippen molar-refractivity contribution in [1.29, 1.82) is 0 Å². The molecule has 1 aliphatic heterocycles. The van der Waals surface area contributed by atoms with Gasteiger partial charge in [-0.2, -0.15) is 0 Å². The quantitative estimate of drug-likeness (QED) is 0.432. The maximum absolute atomic E-state index is 13.7. The van der Waals surface area contributed by atoms with E-state index in [0.717, 1.165) is 27.4 Å². The number of carbonyl (C=O) groups is 1. The minimum atomic E-state index is -0.610. The van der Waals surface area contributed by atoms with Crippen molar-refractivity contribution in [1.82, 2.24) is 9.55 Å². The summed E-state index contributed by atoms with van der Waals surface area (Å²) in [5.74, 6) is -0.463. The van der Waals surface area contributed by atoms with Crippen molar-refractivity contribution in [2.75, 3.05) is 6.61 Å². The lowest BCUT2D eigenvalue weighted by Gasteiger charge is -2.24. The zero-order valence-corrected chi connectivity index (χ0v) is 20.6. The van der Waals surface area contributed by atoms with Crippen LogP contribution in [0, 0.1) is 13.8 Å². The molecule has 1 aliphatic rings. The van der Waals surface area contributed by atoms with Crippen LogP contribution in [0.25, 0.3) is 11.8 Å². The minimum Gasteiger partial charge on any atom is -0.463 e. The van der Waals surface area contributed by atoms with Crippen LogP contribution in [0.2, 0.25) is 0 Å². The normalized spacial score (nSPS) is 15.9. The molecule has 1 N–H and O–H groups in total. The van der Waals surface area contributed by atoms with Crippen LogP contribution < -0.4 is 14.9 Å². The molecule has 172 valence electrons. The van der Waals surface area contributed by atoms with Crippen LogP contribution in [-0.4, -0.2) is 22.1 Å². The lowest BCUT2D eigenvalue weighted by atomic mass is 9.97. The van der Waals surface area contributed by atoms with Crippen LogP contribution in [-0.2, 0) is 9.53 Å². The molecule has 6 nitrogen and oxygen atoms in total. The first-order valence-electron chi connectivity index (χ1n) is 11.0. The van der Waals surface area contributed by atoms with Gasteiger partial charge < -0.3 is 9.72 Å². The van der Waals surface area contributed by atoms with E-state index in [1.807, 2.05) is 73.8 Å². The van der Waals surface area contributed by atoms with E-state index in [1.165, 1.54) is 22.7 Å². The van der Waals surface area contributed by atoms with Gasteiger partial charge in [-0.15, -0.1) is 11.3 Å². The molecule has 8 heteroatoms.